The first-order valence-corrected chi connectivity index (χ1v) is 3.21. The van der Waals surface area contributed by atoms with E-state index in [1.54, 1.807) is 10.7 Å². The molecule has 11 heavy (non-hydrogen) atoms. The first-order valence-electron chi connectivity index (χ1n) is 3.21. The molecule has 2 heterocycles. The maximum Gasteiger partial charge on any atom is 0.179 e. The van der Waals surface area contributed by atoms with Gasteiger partial charge in [0, 0.05) is 0 Å². The predicted molar refractivity (Wildman–Crippen MR) is 39.9 cm³/mol. The maximum atomic E-state index is 5.63. The molecule has 0 radical (unpaired) electrons. The fourth-order valence-electron chi connectivity index (χ4n) is 0.898. The van der Waals surface area contributed by atoms with Gasteiger partial charge in [-0.2, -0.15) is 4.52 Å². The summed E-state index contributed by atoms with van der Waals surface area (Å²) in [5.41, 5.74) is 8.04. The molecule has 2 rings (SSSR count). The molecular weight excluding hydrogens is 142 g/mol. The Labute approximate surface area is 62.8 Å². The number of hydrogen-bond donors (Lipinski definition) is 1. The van der Waals surface area contributed by atoms with Gasteiger partial charge in [-0.15, -0.1) is 5.10 Å². The zero-order valence-corrected chi connectivity index (χ0v) is 6.02. The Morgan fingerprint density at radius 2 is 2.36 bits per heavy atom. The van der Waals surface area contributed by atoms with Gasteiger partial charge in [-0.1, -0.05) is 0 Å². The van der Waals surface area contributed by atoms with Crippen LogP contribution in [-0.2, 0) is 0 Å². The van der Waals surface area contributed by atoms with E-state index in [1.807, 2.05) is 13.0 Å². The Bertz CT molecular complexity index is 355. The lowest BCUT2D eigenvalue weighted by Crippen LogP contribution is -1.95. The van der Waals surface area contributed by atoms with Gasteiger partial charge in [0.15, 0.2) is 5.65 Å². The topological polar surface area (TPSA) is 69.1 Å². The number of nitrogen functional groups attached to an aromatic ring is 1. The molecule has 0 saturated carbocycles. The minimum atomic E-state index is 0.699. The number of anilines is 1. The normalized spacial score (nSPS) is 10.6. The highest BCUT2D eigenvalue weighted by Crippen LogP contribution is 2.10. The minimum Gasteiger partial charge on any atom is -0.397 e. The van der Waals surface area contributed by atoms with Crippen LogP contribution < -0.4 is 5.73 Å². The summed E-state index contributed by atoms with van der Waals surface area (Å²) in [7, 11) is 0. The van der Waals surface area contributed by atoms with Crippen LogP contribution in [0.25, 0.3) is 5.65 Å². The van der Waals surface area contributed by atoms with E-state index in [1.165, 1.54) is 0 Å². The van der Waals surface area contributed by atoms with Crippen molar-refractivity contribution in [1.29, 1.82) is 0 Å². The summed E-state index contributed by atoms with van der Waals surface area (Å²) in [6.07, 6.45) is 1.70. The molecule has 2 N–H and O–H groups in total. The number of fused-ring (bicyclic) bond motifs is 1. The van der Waals surface area contributed by atoms with Gasteiger partial charge in [-0.3, -0.25) is 0 Å². The molecule has 0 aliphatic rings. The van der Waals surface area contributed by atoms with Gasteiger partial charge in [0.25, 0.3) is 0 Å². The molecule has 5 nitrogen and oxygen atoms in total. The number of aromatic nitrogens is 4. The van der Waals surface area contributed by atoms with Crippen molar-refractivity contribution in [3.63, 3.8) is 0 Å². The molecule has 0 bridgehead atoms. The lowest BCUT2D eigenvalue weighted by Gasteiger charge is -1.97. The van der Waals surface area contributed by atoms with Crippen molar-refractivity contribution < 1.29 is 0 Å². The molecule has 56 valence electrons. The number of pyridine rings is 1. The number of aryl methyl sites for hydroxylation is 1. The molecule has 0 fully saturated rings. The van der Waals surface area contributed by atoms with Gasteiger partial charge in [-0.05, 0) is 29.0 Å². The highest BCUT2D eigenvalue weighted by atomic mass is 15.5. The third-order valence-electron chi connectivity index (χ3n) is 1.58. The van der Waals surface area contributed by atoms with Crippen LogP contribution in [0.1, 0.15) is 5.56 Å². The first-order chi connectivity index (χ1) is 5.27. The van der Waals surface area contributed by atoms with Gasteiger partial charge >= 0.3 is 0 Å². The summed E-state index contributed by atoms with van der Waals surface area (Å²) in [5.74, 6) is 0. The molecule has 2 aromatic heterocycles. The van der Waals surface area contributed by atoms with Crippen LogP contribution in [-0.4, -0.2) is 20.0 Å². The second kappa shape index (κ2) is 1.91. The number of hydrogen-bond acceptors (Lipinski definition) is 4. The molecule has 0 unspecified atom stereocenters. The summed E-state index contributed by atoms with van der Waals surface area (Å²) in [5, 5.41) is 11.0. The van der Waals surface area contributed by atoms with Crippen molar-refractivity contribution in [2.24, 2.45) is 0 Å². The lowest BCUT2D eigenvalue weighted by molar-refractivity contribution is 0.824. The van der Waals surface area contributed by atoms with Crippen molar-refractivity contribution >= 4 is 11.3 Å². The zero-order chi connectivity index (χ0) is 7.84. The highest BCUT2D eigenvalue weighted by molar-refractivity contribution is 5.51. The van der Waals surface area contributed by atoms with E-state index in [2.05, 4.69) is 15.5 Å². The van der Waals surface area contributed by atoms with E-state index < -0.39 is 0 Å². The highest BCUT2D eigenvalue weighted by Gasteiger charge is 1.98. The number of nitrogens with zero attached hydrogens (tertiary/aromatic N) is 4. The summed E-state index contributed by atoms with van der Waals surface area (Å²) in [6.45, 7) is 1.92. The van der Waals surface area contributed by atoms with Crippen molar-refractivity contribution in [3.8, 4) is 0 Å². The van der Waals surface area contributed by atoms with Crippen LogP contribution >= 0.6 is 0 Å². The standard InChI is InChI=1S/C6H7N5/c1-4-2-6-8-9-10-11(6)3-5(4)7/h2-3H,7H2,1H3. The Morgan fingerprint density at radius 3 is 3.18 bits per heavy atom. The van der Waals surface area contributed by atoms with E-state index in [9.17, 15) is 0 Å². The van der Waals surface area contributed by atoms with Crippen LogP contribution in [0.3, 0.4) is 0 Å². The quantitative estimate of drug-likeness (QED) is 0.573. The van der Waals surface area contributed by atoms with E-state index >= 15 is 0 Å². The first kappa shape index (κ1) is 6.09. The van der Waals surface area contributed by atoms with Crippen LogP contribution in [0.15, 0.2) is 12.3 Å². The lowest BCUT2D eigenvalue weighted by atomic mass is 10.2. The zero-order valence-electron chi connectivity index (χ0n) is 6.02. The molecule has 0 aliphatic carbocycles. The van der Waals surface area contributed by atoms with Crippen LogP contribution in [0.4, 0.5) is 5.69 Å². The van der Waals surface area contributed by atoms with Crippen LogP contribution in [0, 0.1) is 6.92 Å². The molecule has 0 saturated heterocycles. The minimum absolute atomic E-state index is 0.699. The Morgan fingerprint density at radius 1 is 1.55 bits per heavy atom. The monoisotopic (exact) mass is 149 g/mol. The number of nitrogens with two attached hydrogens (primary N) is 1. The molecule has 0 aliphatic heterocycles. The fraction of sp³-hybridized carbons (Fsp3) is 0.167. The van der Waals surface area contributed by atoms with Crippen molar-refractivity contribution in [1.82, 2.24) is 20.0 Å². The predicted octanol–water partition coefficient (Wildman–Crippen LogP) is 0.0149. The third kappa shape index (κ3) is 0.813. The van der Waals surface area contributed by atoms with Gasteiger partial charge < -0.3 is 5.73 Å². The smallest absolute Gasteiger partial charge is 0.179 e. The van der Waals surface area contributed by atoms with Gasteiger partial charge in [0.2, 0.25) is 0 Å². The summed E-state index contributed by atoms with van der Waals surface area (Å²) >= 11 is 0. The molecular formula is C6H7N5. The third-order valence-corrected chi connectivity index (χ3v) is 1.58. The summed E-state index contributed by atoms with van der Waals surface area (Å²) in [4.78, 5) is 0. The van der Waals surface area contributed by atoms with E-state index in [-0.39, 0.29) is 0 Å². The summed E-state index contributed by atoms with van der Waals surface area (Å²) in [6, 6.07) is 1.84. The molecule has 5 heteroatoms. The SMILES string of the molecule is Cc1cc2nnnn2cc1N. The van der Waals surface area contributed by atoms with Crippen LogP contribution in [0.2, 0.25) is 0 Å². The molecule has 0 aromatic carbocycles. The molecule has 0 atom stereocenters. The van der Waals surface area contributed by atoms with Crippen molar-refractivity contribution in [3.05, 3.63) is 17.8 Å². The average molecular weight is 149 g/mol. The second-order valence-electron chi connectivity index (χ2n) is 2.39. The van der Waals surface area contributed by atoms with Gasteiger partial charge in [-0.25, -0.2) is 0 Å². The fourth-order valence-corrected chi connectivity index (χ4v) is 0.898. The molecule has 0 amide bonds. The maximum absolute atomic E-state index is 5.63. The Hall–Kier alpha value is -1.65. The van der Waals surface area contributed by atoms with E-state index in [0.29, 0.717) is 5.69 Å². The van der Waals surface area contributed by atoms with Crippen molar-refractivity contribution in [2.45, 2.75) is 6.92 Å². The van der Waals surface area contributed by atoms with E-state index in [4.69, 9.17) is 5.73 Å². The molecule has 2 aromatic rings. The van der Waals surface area contributed by atoms with Gasteiger partial charge in [0.05, 0.1) is 11.9 Å². The van der Waals surface area contributed by atoms with Crippen molar-refractivity contribution in [2.75, 3.05) is 5.73 Å². The molecule has 0 spiro atoms. The number of rotatable bonds is 0. The van der Waals surface area contributed by atoms with Crippen LogP contribution in [0.5, 0.6) is 0 Å². The number of tetrazole rings is 1. The summed E-state index contributed by atoms with van der Waals surface area (Å²) < 4.78 is 1.54. The second-order valence-corrected chi connectivity index (χ2v) is 2.39. The van der Waals surface area contributed by atoms with Gasteiger partial charge in [0.1, 0.15) is 0 Å². The average Bonchev–Trinajstić information content (AvgIpc) is 2.36. The van der Waals surface area contributed by atoms with E-state index in [0.717, 1.165) is 11.2 Å². The Kier molecular flexibility index (Phi) is 1.06. The Balaban J connectivity index is 2.86. The largest absolute Gasteiger partial charge is 0.397 e.